The molecule has 0 atom stereocenters. The van der Waals surface area contributed by atoms with Crippen molar-refractivity contribution < 1.29 is 13.2 Å². The first-order valence-corrected chi connectivity index (χ1v) is 8.03. The molecule has 0 radical (unpaired) electrons. The lowest BCUT2D eigenvalue weighted by Crippen LogP contribution is -2.29. The van der Waals surface area contributed by atoms with Crippen LogP contribution in [-0.2, 0) is 6.18 Å². The number of alkyl halides is 3. The lowest BCUT2D eigenvalue weighted by Gasteiger charge is -2.20. The van der Waals surface area contributed by atoms with Crippen molar-refractivity contribution in [3.05, 3.63) is 42.5 Å². The zero-order valence-corrected chi connectivity index (χ0v) is 13.8. The summed E-state index contributed by atoms with van der Waals surface area (Å²) >= 11 is 0. The van der Waals surface area contributed by atoms with Crippen molar-refractivity contribution in [2.75, 3.05) is 31.1 Å². The molecule has 4 rings (SSSR count). The van der Waals surface area contributed by atoms with Gasteiger partial charge in [-0.25, -0.2) is 0 Å². The zero-order valence-electron chi connectivity index (χ0n) is 13.8. The second-order valence-corrected chi connectivity index (χ2v) is 5.49. The normalized spacial score (nSPS) is 15.3. The Balaban J connectivity index is 0.000000278. The molecular weight excluding hydrogens is 349 g/mol. The van der Waals surface area contributed by atoms with Gasteiger partial charge in [-0.2, -0.15) is 27.9 Å². The van der Waals surface area contributed by atoms with Crippen LogP contribution in [0.4, 0.5) is 19.0 Å². The molecule has 11 heteroatoms. The number of aromatic nitrogens is 6. The Morgan fingerprint density at radius 3 is 2.38 bits per heavy atom. The zero-order chi connectivity index (χ0) is 18.4. The number of nitrogens with zero attached hydrogens (tertiary/aromatic N) is 7. The largest absolute Gasteiger partial charge is 0.453 e. The first kappa shape index (κ1) is 18.0. The molecule has 1 fully saturated rings. The van der Waals surface area contributed by atoms with Crippen molar-refractivity contribution in [2.24, 2.45) is 0 Å². The van der Waals surface area contributed by atoms with E-state index in [-0.39, 0.29) is 5.65 Å². The Bertz CT molecular complexity index is 786. The molecule has 3 aromatic rings. The van der Waals surface area contributed by atoms with Crippen LogP contribution in [0, 0.1) is 0 Å². The van der Waals surface area contributed by atoms with Crippen molar-refractivity contribution in [3.8, 4) is 0 Å². The van der Waals surface area contributed by atoms with Crippen LogP contribution >= 0.6 is 0 Å². The fraction of sp³-hybridized carbons (Fsp3) is 0.400. The molecule has 0 aromatic carbocycles. The number of nitrogens with one attached hydrogen (secondary N) is 1. The molecule has 1 aliphatic heterocycles. The van der Waals surface area contributed by atoms with Crippen LogP contribution in [0.1, 0.15) is 12.2 Å². The van der Waals surface area contributed by atoms with Gasteiger partial charge in [0.2, 0.25) is 0 Å². The highest BCUT2D eigenvalue weighted by molar-refractivity contribution is 5.46. The molecule has 138 valence electrons. The monoisotopic (exact) mass is 366 g/mol. The third-order valence-corrected chi connectivity index (χ3v) is 3.65. The highest BCUT2D eigenvalue weighted by Crippen LogP contribution is 2.27. The number of halogens is 3. The van der Waals surface area contributed by atoms with Gasteiger partial charge in [-0.1, -0.05) is 0 Å². The standard InChI is InChI=1S/C11H13F3N6.C4H4N2/c12-11(13,14)10-17-16-8-2-3-9(18-20(8)10)19-6-1-4-15-5-7-19;1-2-4-6-5-3-1/h2-3,15H,1,4-7H2;1-4H. The predicted molar refractivity (Wildman–Crippen MR) is 87.5 cm³/mol. The molecule has 4 heterocycles. The van der Waals surface area contributed by atoms with Gasteiger partial charge in [-0.05, 0) is 37.2 Å². The molecule has 0 aliphatic carbocycles. The number of rotatable bonds is 1. The third kappa shape index (κ3) is 4.42. The average molecular weight is 366 g/mol. The van der Waals surface area contributed by atoms with Crippen LogP contribution in [-0.4, -0.2) is 56.2 Å². The SMILES string of the molecule is FC(F)(F)c1nnc2ccc(N3CCCNCC3)nn12.c1ccnnc1. The second kappa shape index (κ2) is 8.04. The summed E-state index contributed by atoms with van der Waals surface area (Å²) in [6.45, 7) is 3.16. The Hall–Kier alpha value is -2.82. The minimum absolute atomic E-state index is 0.0917. The lowest BCUT2D eigenvalue weighted by atomic mass is 10.4. The van der Waals surface area contributed by atoms with Crippen molar-refractivity contribution >= 4 is 11.5 Å². The van der Waals surface area contributed by atoms with E-state index in [1.165, 1.54) is 6.07 Å². The summed E-state index contributed by atoms with van der Waals surface area (Å²) in [5.74, 6) is -0.589. The molecule has 0 spiro atoms. The summed E-state index contributed by atoms with van der Waals surface area (Å²) in [5.41, 5.74) is 0.0917. The maximum absolute atomic E-state index is 12.8. The maximum Gasteiger partial charge on any atom is 0.453 e. The van der Waals surface area contributed by atoms with Gasteiger partial charge in [0.1, 0.15) is 5.82 Å². The highest BCUT2D eigenvalue weighted by Gasteiger charge is 2.37. The fourth-order valence-corrected chi connectivity index (χ4v) is 2.45. The van der Waals surface area contributed by atoms with Gasteiger partial charge >= 0.3 is 6.18 Å². The van der Waals surface area contributed by atoms with Gasteiger partial charge in [-0.3, -0.25) is 0 Å². The Morgan fingerprint density at radius 1 is 0.962 bits per heavy atom. The average Bonchev–Trinajstić information content (AvgIpc) is 2.90. The van der Waals surface area contributed by atoms with Gasteiger partial charge < -0.3 is 10.2 Å². The molecule has 1 N–H and O–H groups in total. The smallest absolute Gasteiger partial charge is 0.354 e. The minimum Gasteiger partial charge on any atom is -0.354 e. The van der Waals surface area contributed by atoms with E-state index in [2.05, 4.69) is 30.8 Å². The van der Waals surface area contributed by atoms with Gasteiger partial charge in [0.15, 0.2) is 5.65 Å². The van der Waals surface area contributed by atoms with Gasteiger partial charge in [0.25, 0.3) is 5.82 Å². The quantitative estimate of drug-likeness (QED) is 0.697. The topological polar surface area (TPSA) is 84.1 Å². The third-order valence-electron chi connectivity index (χ3n) is 3.65. The Kier molecular flexibility index (Phi) is 5.56. The molecule has 26 heavy (non-hydrogen) atoms. The first-order chi connectivity index (χ1) is 12.6. The van der Waals surface area contributed by atoms with Crippen LogP contribution in [0.2, 0.25) is 0 Å². The molecule has 0 bridgehead atoms. The first-order valence-electron chi connectivity index (χ1n) is 8.03. The van der Waals surface area contributed by atoms with E-state index < -0.39 is 12.0 Å². The molecule has 8 nitrogen and oxygen atoms in total. The van der Waals surface area contributed by atoms with Gasteiger partial charge in [0, 0.05) is 32.0 Å². The maximum atomic E-state index is 12.8. The summed E-state index contributed by atoms with van der Waals surface area (Å²) in [7, 11) is 0. The Morgan fingerprint density at radius 2 is 1.73 bits per heavy atom. The van der Waals surface area contributed by atoms with Crippen molar-refractivity contribution in [3.63, 3.8) is 0 Å². The van der Waals surface area contributed by atoms with E-state index in [1.807, 2.05) is 17.0 Å². The molecule has 0 saturated carbocycles. The minimum atomic E-state index is -4.56. The fourth-order valence-electron chi connectivity index (χ4n) is 2.45. The second-order valence-electron chi connectivity index (χ2n) is 5.49. The van der Waals surface area contributed by atoms with Crippen LogP contribution in [0.25, 0.3) is 5.65 Å². The van der Waals surface area contributed by atoms with Crippen molar-refractivity contribution in [1.29, 1.82) is 0 Å². The van der Waals surface area contributed by atoms with Crippen LogP contribution in [0.3, 0.4) is 0 Å². The summed E-state index contributed by atoms with van der Waals surface area (Å²) < 4.78 is 39.2. The summed E-state index contributed by atoms with van der Waals surface area (Å²) in [6, 6.07) is 6.83. The molecule has 1 saturated heterocycles. The van der Waals surface area contributed by atoms with Crippen LogP contribution < -0.4 is 10.2 Å². The number of hydrogen-bond acceptors (Lipinski definition) is 7. The molecule has 1 aliphatic rings. The van der Waals surface area contributed by atoms with Crippen LogP contribution in [0.15, 0.2) is 36.7 Å². The van der Waals surface area contributed by atoms with E-state index >= 15 is 0 Å². The van der Waals surface area contributed by atoms with Gasteiger partial charge in [-0.15, -0.1) is 15.3 Å². The van der Waals surface area contributed by atoms with E-state index in [0.717, 1.165) is 30.6 Å². The summed E-state index contributed by atoms with van der Waals surface area (Å²) in [6.07, 6.45) is -0.362. The van der Waals surface area contributed by atoms with E-state index in [1.54, 1.807) is 18.5 Å². The molecule has 3 aromatic heterocycles. The summed E-state index contributed by atoms with van der Waals surface area (Å²) in [5, 5.41) is 21.0. The number of anilines is 1. The molecular formula is C15H17F3N8. The van der Waals surface area contributed by atoms with Crippen molar-refractivity contribution in [1.82, 2.24) is 35.3 Å². The van der Waals surface area contributed by atoms with E-state index in [9.17, 15) is 13.2 Å². The van der Waals surface area contributed by atoms with E-state index in [0.29, 0.717) is 12.4 Å². The van der Waals surface area contributed by atoms with Crippen molar-refractivity contribution in [2.45, 2.75) is 12.6 Å². The predicted octanol–water partition coefficient (Wildman–Crippen LogP) is 1.42. The lowest BCUT2D eigenvalue weighted by molar-refractivity contribution is -0.146. The van der Waals surface area contributed by atoms with Crippen LogP contribution in [0.5, 0.6) is 0 Å². The molecule has 0 amide bonds. The number of fused-ring (bicyclic) bond motifs is 1. The summed E-state index contributed by atoms with van der Waals surface area (Å²) in [4.78, 5) is 1.96. The molecule has 0 unspecified atom stereocenters. The van der Waals surface area contributed by atoms with E-state index in [4.69, 9.17) is 0 Å². The Labute approximate surface area is 147 Å². The highest BCUT2D eigenvalue weighted by atomic mass is 19.4. The van der Waals surface area contributed by atoms with Gasteiger partial charge in [0.05, 0.1) is 0 Å². The number of hydrogen-bond donors (Lipinski definition) is 1.